The van der Waals surface area contributed by atoms with Crippen LogP contribution in [0.3, 0.4) is 0 Å². The van der Waals surface area contributed by atoms with Gasteiger partial charge in [0.15, 0.2) is 6.29 Å². The number of hydrogen-bond acceptors (Lipinski definition) is 13. The Bertz CT molecular complexity index is 2130. The third-order valence-electron chi connectivity index (χ3n) is 9.58. The summed E-state index contributed by atoms with van der Waals surface area (Å²) < 4.78 is 80.0. The number of methoxy groups -OCH3 is 1. The van der Waals surface area contributed by atoms with Crippen LogP contribution in [0, 0.1) is 11.6 Å². The second-order valence-electron chi connectivity index (χ2n) is 13.7. The van der Waals surface area contributed by atoms with Gasteiger partial charge < -0.3 is 23.8 Å². The van der Waals surface area contributed by atoms with Gasteiger partial charge in [-0.25, -0.2) is 42.5 Å². The average Bonchev–Trinajstić information content (AvgIpc) is 3.18. The molecule has 5 heterocycles. The first-order chi connectivity index (χ1) is 26.5. The number of sulfonamides is 1. The summed E-state index contributed by atoms with van der Waals surface area (Å²) in [4.78, 5) is 35.9. The van der Waals surface area contributed by atoms with E-state index in [-0.39, 0.29) is 29.0 Å². The zero-order valence-electron chi connectivity index (χ0n) is 30.6. The summed E-state index contributed by atoms with van der Waals surface area (Å²) in [5, 5.41) is 0.350. The second kappa shape index (κ2) is 16.9. The first-order valence-electron chi connectivity index (χ1n) is 18.1. The number of benzene rings is 2. The topological polar surface area (TPSA) is 167 Å². The van der Waals surface area contributed by atoms with Gasteiger partial charge in [0.2, 0.25) is 21.9 Å². The van der Waals surface area contributed by atoms with Crippen molar-refractivity contribution in [3.63, 3.8) is 0 Å². The van der Waals surface area contributed by atoms with Crippen LogP contribution in [0.4, 0.5) is 20.4 Å². The molecule has 2 aromatic heterocycles. The smallest absolute Gasteiger partial charge is 0.275 e. The molecule has 2 aromatic carbocycles. The number of aromatic nitrogens is 3. The van der Waals surface area contributed by atoms with Crippen LogP contribution in [0.15, 0.2) is 42.6 Å². The molecule has 1 atom stereocenters. The van der Waals surface area contributed by atoms with Crippen LogP contribution in [0.2, 0.25) is 0 Å². The number of hydroxylamine groups is 1. The van der Waals surface area contributed by atoms with E-state index in [1.54, 1.807) is 12.1 Å². The Hall–Kier alpha value is -4.75. The number of carbonyl (C=O) groups is 1. The quantitative estimate of drug-likeness (QED) is 0.194. The fourth-order valence-corrected chi connectivity index (χ4v) is 7.34. The number of amides is 1. The third kappa shape index (κ3) is 9.56. The van der Waals surface area contributed by atoms with E-state index in [0.29, 0.717) is 105 Å². The summed E-state index contributed by atoms with van der Waals surface area (Å²) in [6.45, 7) is 4.09. The molecule has 0 radical (unpaired) electrons. The van der Waals surface area contributed by atoms with E-state index in [9.17, 15) is 13.2 Å². The number of nitrogens with zero attached hydrogens (tertiary/aromatic N) is 5. The van der Waals surface area contributed by atoms with Gasteiger partial charge in [-0.1, -0.05) is 6.07 Å². The molecule has 0 aliphatic carbocycles. The molecule has 3 saturated heterocycles. The number of ether oxygens (including phenoxy) is 4. The number of hydrogen-bond donors (Lipinski definition) is 2. The average molecular weight is 784 g/mol. The van der Waals surface area contributed by atoms with Crippen LogP contribution in [0.1, 0.15) is 48.0 Å². The summed E-state index contributed by atoms with van der Waals surface area (Å²) in [5.41, 5.74) is 4.16. The molecule has 3 aliphatic rings. The van der Waals surface area contributed by atoms with Crippen LogP contribution in [0.5, 0.6) is 11.6 Å². The number of anilines is 2. The van der Waals surface area contributed by atoms with Crippen LogP contribution in [0.25, 0.3) is 22.2 Å². The summed E-state index contributed by atoms with van der Waals surface area (Å²) in [6.07, 6.45) is 5.43. The van der Waals surface area contributed by atoms with Gasteiger partial charge in [-0.3, -0.25) is 14.4 Å². The Morgan fingerprint density at radius 2 is 1.80 bits per heavy atom. The van der Waals surface area contributed by atoms with E-state index in [2.05, 4.69) is 20.1 Å². The summed E-state index contributed by atoms with van der Waals surface area (Å²) in [6, 6.07) is 8.52. The van der Waals surface area contributed by atoms with Crippen molar-refractivity contribution >= 4 is 38.5 Å². The van der Waals surface area contributed by atoms with E-state index in [1.165, 1.54) is 37.6 Å². The normalized spacial score (nSPS) is 18.6. The van der Waals surface area contributed by atoms with Crippen molar-refractivity contribution in [3.05, 3.63) is 65.4 Å². The standard InChI is InChI=1S/C37H43F2N7O8S/c1-50-36-30(44-55(2,48)49)18-25(21-40-36)33-28-19-26(38)20-31(34(28)42-37(41-33)46-12-15-51-16-13-46)53-27-8-10-45(11-9-27)22-24-7-6-23(17-29(24)39)35(47)43-54-32-5-3-4-14-52-32/h6-7,17-21,27,32,44H,3-5,8-16,22H2,1-2H3,(H,43,47). The lowest BCUT2D eigenvalue weighted by Gasteiger charge is -2.32. The van der Waals surface area contributed by atoms with Crippen molar-refractivity contribution in [3.8, 4) is 22.9 Å². The monoisotopic (exact) mass is 783 g/mol. The highest BCUT2D eigenvalue weighted by molar-refractivity contribution is 7.92. The maximum absolute atomic E-state index is 15.4. The summed E-state index contributed by atoms with van der Waals surface area (Å²) in [7, 11) is -2.32. The molecule has 2 N–H and O–H groups in total. The summed E-state index contributed by atoms with van der Waals surface area (Å²) in [5.74, 6) is -0.944. The van der Waals surface area contributed by atoms with Gasteiger partial charge in [-0.2, -0.15) is 0 Å². The predicted octanol–water partition coefficient (Wildman–Crippen LogP) is 4.42. The molecule has 4 aromatic rings. The van der Waals surface area contributed by atoms with Gasteiger partial charge >= 0.3 is 0 Å². The molecule has 294 valence electrons. The van der Waals surface area contributed by atoms with Gasteiger partial charge in [0.25, 0.3) is 5.91 Å². The molecule has 18 heteroatoms. The number of morpholine rings is 1. The molecule has 3 aliphatic heterocycles. The Kier molecular flexibility index (Phi) is 11.9. The fraction of sp³-hybridized carbons (Fsp3) is 0.459. The lowest BCUT2D eigenvalue weighted by molar-refractivity contribution is -0.186. The second-order valence-corrected chi connectivity index (χ2v) is 15.4. The number of fused-ring (bicyclic) bond motifs is 1. The minimum atomic E-state index is -3.69. The van der Waals surface area contributed by atoms with Gasteiger partial charge in [0.05, 0.1) is 32.3 Å². The van der Waals surface area contributed by atoms with Gasteiger partial charge in [-0.15, -0.1) is 0 Å². The molecule has 55 heavy (non-hydrogen) atoms. The maximum Gasteiger partial charge on any atom is 0.275 e. The molecule has 0 spiro atoms. The van der Waals surface area contributed by atoms with E-state index in [4.69, 9.17) is 33.8 Å². The molecule has 7 rings (SSSR count). The zero-order valence-corrected chi connectivity index (χ0v) is 31.4. The maximum atomic E-state index is 15.4. The van der Waals surface area contributed by atoms with E-state index in [0.717, 1.165) is 19.1 Å². The van der Waals surface area contributed by atoms with Crippen molar-refractivity contribution < 1.29 is 45.8 Å². The first-order valence-corrected chi connectivity index (χ1v) is 20.0. The fourth-order valence-electron chi connectivity index (χ4n) is 6.79. The van der Waals surface area contributed by atoms with Crippen molar-refractivity contribution in [2.45, 2.75) is 51.0 Å². The van der Waals surface area contributed by atoms with E-state index < -0.39 is 33.9 Å². The minimum absolute atomic E-state index is 0.0562. The Morgan fingerprint density at radius 3 is 2.51 bits per heavy atom. The van der Waals surface area contributed by atoms with Gasteiger partial charge in [0.1, 0.15) is 34.7 Å². The predicted molar refractivity (Wildman–Crippen MR) is 198 cm³/mol. The van der Waals surface area contributed by atoms with Gasteiger partial charge in [-0.05, 0) is 49.9 Å². The molecule has 1 unspecified atom stereocenters. The number of pyridine rings is 1. The van der Waals surface area contributed by atoms with Crippen LogP contribution < -0.4 is 24.6 Å². The molecule has 1 amide bonds. The highest BCUT2D eigenvalue weighted by atomic mass is 32.2. The molecule has 3 fully saturated rings. The Morgan fingerprint density at radius 1 is 1.00 bits per heavy atom. The number of carbonyl (C=O) groups excluding carboxylic acids is 1. The SMILES string of the molecule is COc1ncc(-c2nc(N3CCOCC3)nc3c(OC4CCN(Cc5ccc(C(=O)NOC6CCCCO6)cc5F)CC4)cc(F)cc23)cc1NS(C)(=O)=O. The molecular weight excluding hydrogens is 741 g/mol. The van der Waals surface area contributed by atoms with Crippen molar-refractivity contribution in [2.75, 3.05) is 69.0 Å². The number of nitrogens with one attached hydrogen (secondary N) is 2. The number of likely N-dealkylation sites (tertiary alicyclic amines) is 1. The number of piperidine rings is 1. The number of rotatable bonds is 12. The van der Waals surface area contributed by atoms with Crippen LogP contribution >= 0.6 is 0 Å². The van der Waals surface area contributed by atoms with Gasteiger partial charge in [0, 0.05) is 80.1 Å². The van der Waals surface area contributed by atoms with Crippen LogP contribution in [-0.2, 0) is 30.9 Å². The van der Waals surface area contributed by atoms with E-state index in [1.807, 2.05) is 4.90 Å². The van der Waals surface area contributed by atoms with E-state index >= 15 is 8.78 Å². The molecular formula is C37H43F2N7O8S. The number of halogens is 2. The first kappa shape index (κ1) is 38.5. The zero-order chi connectivity index (χ0) is 38.5. The summed E-state index contributed by atoms with van der Waals surface area (Å²) >= 11 is 0. The van der Waals surface area contributed by atoms with Crippen molar-refractivity contribution in [1.82, 2.24) is 25.3 Å². The highest BCUT2D eigenvalue weighted by Gasteiger charge is 2.26. The minimum Gasteiger partial charge on any atom is -0.488 e. The Labute approximate surface area is 317 Å². The van der Waals surface area contributed by atoms with Crippen LogP contribution in [-0.4, -0.2) is 106 Å². The largest absolute Gasteiger partial charge is 0.488 e. The molecule has 15 nitrogen and oxygen atoms in total. The molecule has 0 bridgehead atoms. The lowest BCUT2D eigenvalue weighted by Crippen LogP contribution is -2.38. The lowest BCUT2D eigenvalue weighted by atomic mass is 10.0. The van der Waals surface area contributed by atoms with Crippen molar-refractivity contribution in [2.24, 2.45) is 0 Å². The molecule has 0 saturated carbocycles. The van der Waals surface area contributed by atoms with Crippen molar-refractivity contribution in [1.29, 1.82) is 0 Å². The Balaban J connectivity index is 1.08. The highest BCUT2D eigenvalue weighted by Crippen LogP contribution is 2.37. The third-order valence-corrected chi connectivity index (χ3v) is 10.2.